The minimum Gasteiger partial charge on any atom is -0.488 e. The van der Waals surface area contributed by atoms with Crippen LogP contribution in [0.2, 0.25) is 0 Å². The molecule has 21 heavy (non-hydrogen) atoms. The van der Waals surface area contributed by atoms with Crippen molar-refractivity contribution in [2.75, 3.05) is 6.54 Å². The van der Waals surface area contributed by atoms with Crippen molar-refractivity contribution in [3.8, 4) is 5.75 Å². The first-order valence-corrected chi connectivity index (χ1v) is 8.00. The number of benzene rings is 2. The molecule has 1 aliphatic heterocycles. The van der Waals surface area contributed by atoms with E-state index in [1.54, 1.807) is 11.3 Å². The Morgan fingerprint density at radius 1 is 1.14 bits per heavy atom. The van der Waals surface area contributed by atoms with Gasteiger partial charge in [0.2, 0.25) is 0 Å². The van der Waals surface area contributed by atoms with Crippen molar-refractivity contribution in [3.63, 3.8) is 0 Å². The second kappa shape index (κ2) is 5.47. The Labute approximate surface area is 127 Å². The summed E-state index contributed by atoms with van der Waals surface area (Å²) in [6.07, 6.45) is 1.22. The number of aromatic nitrogens is 1. The highest BCUT2D eigenvalue weighted by molar-refractivity contribution is 7.18. The van der Waals surface area contributed by atoms with Gasteiger partial charge in [0.05, 0.1) is 10.2 Å². The molecular formula is C17H16N2OS. The van der Waals surface area contributed by atoms with Crippen LogP contribution < -0.4 is 10.1 Å². The van der Waals surface area contributed by atoms with Crippen LogP contribution in [0, 0.1) is 0 Å². The summed E-state index contributed by atoms with van der Waals surface area (Å²) in [6, 6.07) is 16.5. The third kappa shape index (κ3) is 2.64. The number of hydrogen-bond donors (Lipinski definition) is 1. The molecule has 4 rings (SSSR count). The molecule has 0 radical (unpaired) electrons. The molecule has 4 heteroatoms. The second-order valence-corrected chi connectivity index (χ2v) is 6.37. The van der Waals surface area contributed by atoms with Gasteiger partial charge in [-0.25, -0.2) is 4.98 Å². The first kappa shape index (κ1) is 12.8. The van der Waals surface area contributed by atoms with E-state index >= 15 is 0 Å². The van der Waals surface area contributed by atoms with Crippen molar-refractivity contribution >= 4 is 21.6 Å². The molecule has 2 heterocycles. The van der Waals surface area contributed by atoms with Crippen LogP contribution in [0.15, 0.2) is 48.5 Å². The average Bonchev–Trinajstić information content (AvgIpc) is 3.09. The Bertz CT molecular complexity index is 710. The molecule has 0 saturated carbocycles. The van der Waals surface area contributed by atoms with E-state index in [1.165, 1.54) is 10.3 Å². The van der Waals surface area contributed by atoms with E-state index in [9.17, 15) is 0 Å². The van der Waals surface area contributed by atoms with E-state index < -0.39 is 0 Å². The van der Waals surface area contributed by atoms with Gasteiger partial charge in [-0.05, 0) is 23.8 Å². The molecule has 1 atom stereocenters. The van der Waals surface area contributed by atoms with Crippen molar-refractivity contribution in [2.24, 2.45) is 0 Å². The Balaban J connectivity index is 1.34. The number of nitrogens with one attached hydrogen (secondary N) is 1. The molecule has 0 bridgehead atoms. The fourth-order valence-corrected chi connectivity index (χ4v) is 3.64. The molecule has 1 N–H and O–H groups in total. The molecule has 1 aliphatic rings. The van der Waals surface area contributed by atoms with E-state index in [2.05, 4.69) is 40.6 Å². The van der Waals surface area contributed by atoms with Gasteiger partial charge in [0.25, 0.3) is 0 Å². The maximum Gasteiger partial charge on any atom is 0.123 e. The van der Waals surface area contributed by atoms with Crippen LogP contribution in [0.5, 0.6) is 5.75 Å². The Morgan fingerprint density at radius 3 is 2.90 bits per heavy atom. The molecule has 2 aromatic carbocycles. The van der Waals surface area contributed by atoms with Crippen LogP contribution >= 0.6 is 11.3 Å². The Morgan fingerprint density at radius 2 is 2.00 bits per heavy atom. The monoisotopic (exact) mass is 296 g/mol. The van der Waals surface area contributed by atoms with Gasteiger partial charge in [0.15, 0.2) is 0 Å². The molecule has 3 aromatic rings. The minimum absolute atomic E-state index is 0.233. The molecule has 0 fully saturated rings. The first-order chi connectivity index (χ1) is 10.4. The largest absolute Gasteiger partial charge is 0.488 e. The average molecular weight is 296 g/mol. The highest BCUT2D eigenvalue weighted by atomic mass is 32.1. The number of thiazole rings is 1. The molecule has 0 amide bonds. The standard InChI is InChI=1S/C17H16N2OS/c1-3-7-15-12(5-1)9-13(20-15)10-18-11-17-19-14-6-2-4-8-16(14)21-17/h1-8,13,18H,9-11H2. The van der Waals surface area contributed by atoms with E-state index in [4.69, 9.17) is 4.74 Å². The van der Waals surface area contributed by atoms with E-state index in [0.717, 1.165) is 35.8 Å². The first-order valence-electron chi connectivity index (χ1n) is 7.18. The number of fused-ring (bicyclic) bond motifs is 2. The van der Waals surface area contributed by atoms with E-state index in [1.807, 2.05) is 18.2 Å². The highest BCUT2D eigenvalue weighted by Gasteiger charge is 2.21. The summed E-state index contributed by atoms with van der Waals surface area (Å²) >= 11 is 1.75. The predicted molar refractivity (Wildman–Crippen MR) is 85.9 cm³/mol. The lowest BCUT2D eigenvalue weighted by Crippen LogP contribution is -2.29. The van der Waals surface area contributed by atoms with Gasteiger partial charge in [0, 0.05) is 19.5 Å². The second-order valence-electron chi connectivity index (χ2n) is 5.26. The van der Waals surface area contributed by atoms with Crippen molar-refractivity contribution in [1.29, 1.82) is 0 Å². The van der Waals surface area contributed by atoms with Crippen molar-refractivity contribution < 1.29 is 4.74 Å². The zero-order valence-electron chi connectivity index (χ0n) is 11.6. The maximum absolute atomic E-state index is 5.92. The van der Waals surface area contributed by atoms with Crippen LogP contribution in [0.3, 0.4) is 0 Å². The maximum atomic E-state index is 5.92. The number of para-hydroxylation sites is 2. The van der Waals surface area contributed by atoms with Gasteiger partial charge < -0.3 is 10.1 Å². The summed E-state index contributed by atoms with van der Waals surface area (Å²) in [4.78, 5) is 4.63. The fourth-order valence-electron chi connectivity index (χ4n) is 2.70. The third-order valence-corrected chi connectivity index (χ3v) is 4.74. The van der Waals surface area contributed by atoms with Gasteiger partial charge in [-0.15, -0.1) is 11.3 Å². The SMILES string of the molecule is c1ccc2c(c1)CC(CNCc1nc3ccccc3s1)O2. The predicted octanol–water partition coefficient (Wildman–Crippen LogP) is 3.39. The topological polar surface area (TPSA) is 34.2 Å². The lowest BCUT2D eigenvalue weighted by atomic mass is 10.1. The lowest BCUT2D eigenvalue weighted by Gasteiger charge is -2.10. The van der Waals surface area contributed by atoms with Crippen LogP contribution in [0.1, 0.15) is 10.6 Å². The zero-order valence-corrected chi connectivity index (χ0v) is 12.4. The molecule has 0 aliphatic carbocycles. The lowest BCUT2D eigenvalue weighted by molar-refractivity contribution is 0.227. The highest BCUT2D eigenvalue weighted by Crippen LogP contribution is 2.28. The summed E-state index contributed by atoms with van der Waals surface area (Å²) in [6.45, 7) is 1.65. The number of hydrogen-bond acceptors (Lipinski definition) is 4. The molecule has 106 valence electrons. The molecule has 0 spiro atoms. The molecule has 0 saturated heterocycles. The Hall–Kier alpha value is -1.91. The minimum atomic E-state index is 0.233. The van der Waals surface area contributed by atoms with Crippen molar-refractivity contribution in [1.82, 2.24) is 10.3 Å². The van der Waals surface area contributed by atoms with Crippen molar-refractivity contribution in [2.45, 2.75) is 19.1 Å². The summed E-state index contributed by atoms with van der Waals surface area (Å²) < 4.78 is 7.17. The van der Waals surface area contributed by atoms with Gasteiger partial charge >= 0.3 is 0 Å². The molecule has 3 nitrogen and oxygen atoms in total. The van der Waals surface area contributed by atoms with Crippen LogP contribution in [-0.2, 0) is 13.0 Å². The van der Waals surface area contributed by atoms with Crippen LogP contribution in [0.25, 0.3) is 10.2 Å². The van der Waals surface area contributed by atoms with Crippen molar-refractivity contribution in [3.05, 3.63) is 59.1 Å². The Kier molecular flexibility index (Phi) is 3.33. The smallest absolute Gasteiger partial charge is 0.123 e. The number of ether oxygens (including phenoxy) is 1. The van der Waals surface area contributed by atoms with Gasteiger partial charge in [-0.1, -0.05) is 30.3 Å². The summed E-state index contributed by atoms with van der Waals surface area (Å²) in [5.41, 5.74) is 2.40. The third-order valence-electron chi connectivity index (χ3n) is 3.70. The molecule has 1 aromatic heterocycles. The zero-order chi connectivity index (χ0) is 14.1. The van der Waals surface area contributed by atoms with Crippen LogP contribution in [0.4, 0.5) is 0 Å². The van der Waals surface area contributed by atoms with E-state index in [0.29, 0.717) is 0 Å². The summed E-state index contributed by atoms with van der Waals surface area (Å²) in [7, 11) is 0. The van der Waals surface area contributed by atoms with Gasteiger partial charge in [-0.3, -0.25) is 0 Å². The van der Waals surface area contributed by atoms with Crippen LogP contribution in [-0.4, -0.2) is 17.6 Å². The van der Waals surface area contributed by atoms with Gasteiger partial charge in [0.1, 0.15) is 16.9 Å². The summed E-state index contributed by atoms with van der Waals surface area (Å²) in [5.74, 6) is 1.03. The van der Waals surface area contributed by atoms with E-state index in [-0.39, 0.29) is 6.10 Å². The summed E-state index contributed by atoms with van der Waals surface area (Å²) in [5, 5.41) is 4.59. The molecular weight excluding hydrogens is 280 g/mol. The normalized spacial score (nSPS) is 16.9. The number of rotatable bonds is 4. The quantitative estimate of drug-likeness (QED) is 0.801. The fraction of sp³-hybridized carbons (Fsp3) is 0.235. The molecule has 1 unspecified atom stereocenters. The van der Waals surface area contributed by atoms with Gasteiger partial charge in [-0.2, -0.15) is 0 Å². The number of nitrogens with zero attached hydrogens (tertiary/aromatic N) is 1.